The summed E-state index contributed by atoms with van der Waals surface area (Å²) in [6.07, 6.45) is 1.83. The molecule has 5 nitrogen and oxygen atoms in total. The lowest BCUT2D eigenvalue weighted by Gasteiger charge is -2.15. The van der Waals surface area contributed by atoms with E-state index in [1.807, 2.05) is 6.92 Å². The molecule has 0 heterocycles. The molecular formula is C15H23NO4S. The first-order valence-electron chi connectivity index (χ1n) is 7.16. The van der Waals surface area contributed by atoms with Crippen LogP contribution in [0.2, 0.25) is 0 Å². The summed E-state index contributed by atoms with van der Waals surface area (Å²) in [5, 5.41) is 9.04. The Balaban J connectivity index is 2.94. The van der Waals surface area contributed by atoms with Crippen molar-refractivity contribution in [3.63, 3.8) is 0 Å². The first-order valence-corrected chi connectivity index (χ1v) is 8.65. The highest BCUT2D eigenvalue weighted by molar-refractivity contribution is 7.89. The van der Waals surface area contributed by atoms with Crippen molar-refractivity contribution in [3.8, 4) is 0 Å². The van der Waals surface area contributed by atoms with Crippen molar-refractivity contribution in [3.05, 3.63) is 29.8 Å². The van der Waals surface area contributed by atoms with Crippen LogP contribution in [0.15, 0.2) is 29.2 Å². The lowest BCUT2D eigenvalue weighted by Crippen LogP contribution is -2.40. The molecule has 0 radical (unpaired) electrons. The standard InChI is InChI=1S/C15H23NO4S/c1-4-6-14(15(17)18)16-21(19,20)13-9-7-12(8-10-13)11(3)5-2/h7-11,14,16H,4-6H2,1-3H3,(H,17,18)/t11?,14-/m0/s1. The minimum Gasteiger partial charge on any atom is -0.480 e. The van der Waals surface area contributed by atoms with Gasteiger partial charge in [-0.2, -0.15) is 4.72 Å². The van der Waals surface area contributed by atoms with Crippen molar-refractivity contribution in [1.29, 1.82) is 0 Å². The van der Waals surface area contributed by atoms with E-state index in [-0.39, 0.29) is 11.3 Å². The highest BCUT2D eigenvalue weighted by Crippen LogP contribution is 2.20. The molecule has 1 unspecified atom stereocenters. The van der Waals surface area contributed by atoms with Crippen molar-refractivity contribution in [2.45, 2.75) is 56.9 Å². The van der Waals surface area contributed by atoms with Gasteiger partial charge in [-0.05, 0) is 36.5 Å². The number of nitrogens with one attached hydrogen (secondary N) is 1. The van der Waals surface area contributed by atoms with Crippen LogP contribution in [0.25, 0.3) is 0 Å². The summed E-state index contributed by atoms with van der Waals surface area (Å²) in [7, 11) is -3.81. The molecule has 118 valence electrons. The number of hydrogen-bond acceptors (Lipinski definition) is 3. The zero-order valence-electron chi connectivity index (χ0n) is 12.7. The van der Waals surface area contributed by atoms with Crippen LogP contribution in [0.1, 0.15) is 51.5 Å². The molecule has 2 N–H and O–H groups in total. The maximum Gasteiger partial charge on any atom is 0.321 e. The van der Waals surface area contributed by atoms with Crippen LogP contribution in [-0.2, 0) is 14.8 Å². The molecule has 0 spiro atoms. The van der Waals surface area contributed by atoms with Crippen molar-refractivity contribution < 1.29 is 18.3 Å². The van der Waals surface area contributed by atoms with Gasteiger partial charge in [-0.1, -0.05) is 39.3 Å². The third-order valence-corrected chi connectivity index (χ3v) is 5.03. The van der Waals surface area contributed by atoms with Gasteiger partial charge in [0.25, 0.3) is 0 Å². The minimum atomic E-state index is -3.81. The molecule has 0 bridgehead atoms. The van der Waals surface area contributed by atoms with Gasteiger partial charge in [0.2, 0.25) is 10.0 Å². The van der Waals surface area contributed by atoms with Crippen molar-refractivity contribution in [2.24, 2.45) is 0 Å². The zero-order chi connectivity index (χ0) is 16.0. The van der Waals surface area contributed by atoms with E-state index < -0.39 is 22.0 Å². The summed E-state index contributed by atoms with van der Waals surface area (Å²) >= 11 is 0. The first kappa shape index (κ1) is 17.7. The molecule has 1 rings (SSSR count). The molecule has 1 aromatic carbocycles. The van der Waals surface area contributed by atoms with Crippen molar-refractivity contribution >= 4 is 16.0 Å². The predicted molar refractivity (Wildman–Crippen MR) is 81.8 cm³/mol. The molecule has 0 aliphatic heterocycles. The monoisotopic (exact) mass is 313 g/mol. The van der Waals surface area contributed by atoms with E-state index in [9.17, 15) is 13.2 Å². The Bertz CT molecular complexity index is 566. The molecule has 2 atom stereocenters. The van der Waals surface area contributed by atoms with Crippen LogP contribution < -0.4 is 4.72 Å². The Hall–Kier alpha value is -1.40. The fourth-order valence-corrected chi connectivity index (χ4v) is 3.21. The molecule has 0 saturated carbocycles. The maximum absolute atomic E-state index is 12.2. The smallest absolute Gasteiger partial charge is 0.321 e. The normalized spacial score (nSPS) is 14.6. The highest BCUT2D eigenvalue weighted by atomic mass is 32.2. The van der Waals surface area contributed by atoms with Crippen LogP contribution in [0, 0.1) is 0 Å². The van der Waals surface area contributed by atoms with Gasteiger partial charge in [-0.25, -0.2) is 8.42 Å². The maximum atomic E-state index is 12.2. The van der Waals surface area contributed by atoms with Gasteiger partial charge in [0.1, 0.15) is 6.04 Å². The Morgan fingerprint density at radius 3 is 2.24 bits per heavy atom. The van der Waals surface area contributed by atoms with Crippen LogP contribution in [0.4, 0.5) is 0 Å². The van der Waals surface area contributed by atoms with Crippen LogP contribution >= 0.6 is 0 Å². The number of rotatable bonds is 8. The number of carboxylic acid groups (broad SMARTS) is 1. The van der Waals surface area contributed by atoms with E-state index in [2.05, 4.69) is 18.6 Å². The van der Waals surface area contributed by atoms with Crippen molar-refractivity contribution in [1.82, 2.24) is 4.72 Å². The fourth-order valence-electron chi connectivity index (χ4n) is 1.99. The van der Waals surface area contributed by atoms with Crippen molar-refractivity contribution in [2.75, 3.05) is 0 Å². The average molecular weight is 313 g/mol. The molecule has 0 aliphatic carbocycles. The topological polar surface area (TPSA) is 83.5 Å². The highest BCUT2D eigenvalue weighted by Gasteiger charge is 2.24. The van der Waals surface area contributed by atoms with E-state index in [1.54, 1.807) is 12.1 Å². The van der Waals surface area contributed by atoms with Gasteiger partial charge in [-0.15, -0.1) is 0 Å². The Labute approximate surface area is 126 Å². The minimum absolute atomic E-state index is 0.0944. The van der Waals surface area contributed by atoms with E-state index in [0.717, 1.165) is 12.0 Å². The summed E-state index contributed by atoms with van der Waals surface area (Å²) in [5.41, 5.74) is 1.07. The van der Waals surface area contributed by atoms with E-state index in [4.69, 9.17) is 5.11 Å². The van der Waals surface area contributed by atoms with Gasteiger partial charge in [0.05, 0.1) is 4.90 Å². The number of hydrogen-bond donors (Lipinski definition) is 2. The summed E-state index contributed by atoms with van der Waals surface area (Å²) in [5.74, 6) is -0.793. The Kier molecular flexibility index (Phi) is 6.36. The largest absolute Gasteiger partial charge is 0.480 e. The lowest BCUT2D eigenvalue weighted by atomic mass is 9.99. The third-order valence-electron chi connectivity index (χ3n) is 3.54. The molecule has 0 aliphatic rings. The summed E-state index contributed by atoms with van der Waals surface area (Å²) in [6, 6.07) is 5.51. The summed E-state index contributed by atoms with van der Waals surface area (Å²) in [4.78, 5) is 11.1. The van der Waals surface area contributed by atoms with Gasteiger partial charge < -0.3 is 5.11 Å². The van der Waals surface area contributed by atoms with Gasteiger partial charge in [0, 0.05) is 0 Å². The number of aliphatic carboxylic acids is 1. The van der Waals surface area contributed by atoms with E-state index in [1.165, 1.54) is 12.1 Å². The van der Waals surface area contributed by atoms with Crippen LogP contribution in [-0.4, -0.2) is 25.5 Å². The molecule has 21 heavy (non-hydrogen) atoms. The van der Waals surface area contributed by atoms with E-state index in [0.29, 0.717) is 12.3 Å². The molecular weight excluding hydrogens is 290 g/mol. The fraction of sp³-hybridized carbons (Fsp3) is 0.533. The summed E-state index contributed by atoms with van der Waals surface area (Å²) < 4.78 is 26.6. The molecule has 0 fully saturated rings. The zero-order valence-corrected chi connectivity index (χ0v) is 13.5. The SMILES string of the molecule is CCC[C@H](NS(=O)(=O)c1ccc(C(C)CC)cc1)C(=O)O. The van der Waals surface area contributed by atoms with E-state index >= 15 is 0 Å². The second-order valence-corrected chi connectivity index (χ2v) is 6.89. The number of carboxylic acids is 1. The van der Waals surface area contributed by atoms with Crippen LogP contribution in [0.3, 0.4) is 0 Å². The third kappa shape index (κ3) is 4.82. The van der Waals surface area contributed by atoms with Crippen LogP contribution in [0.5, 0.6) is 0 Å². The second kappa shape index (κ2) is 7.56. The summed E-state index contributed by atoms with van der Waals surface area (Å²) in [6.45, 7) is 5.95. The van der Waals surface area contributed by atoms with Gasteiger partial charge >= 0.3 is 5.97 Å². The average Bonchev–Trinajstić information content (AvgIpc) is 2.45. The Morgan fingerprint density at radius 1 is 1.24 bits per heavy atom. The molecule has 0 amide bonds. The van der Waals surface area contributed by atoms with Gasteiger partial charge in [0.15, 0.2) is 0 Å². The number of benzene rings is 1. The second-order valence-electron chi connectivity index (χ2n) is 5.18. The first-order chi connectivity index (χ1) is 9.81. The number of sulfonamides is 1. The Morgan fingerprint density at radius 2 is 1.81 bits per heavy atom. The molecule has 0 aromatic heterocycles. The predicted octanol–water partition coefficient (Wildman–Crippen LogP) is 2.73. The quantitative estimate of drug-likeness (QED) is 0.773. The van der Waals surface area contributed by atoms with Gasteiger partial charge in [-0.3, -0.25) is 4.79 Å². The molecule has 1 aromatic rings. The molecule has 6 heteroatoms. The molecule has 0 saturated heterocycles. The number of carbonyl (C=O) groups is 1. The lowest BCUT2D eigenvalue weighted by molar-refractivity contribution is -0.139.